The molecule has 1 aromatic heterocycles. The van der Waals surface area contributed by atoms with E-state index in [9.17, 15) is 18.0 Å². The predicted molar refractivity (Wildman–Crippen MR) is 97.5 cm³/mol. The van der Waals surface area contributed by atoms with Crippen LogP contribution in [0, 0.1) is 17.6 Å². The number of H-pyrrole nitrogens is 1. The number of alkyl halides is 3. The van der Waals surface area contributed by atoms with Crippen molar-refractivity contribution in [3.63, 3.8) is 0 Å². The standard InChI is InChI=1S/C18H21F3N4OS/c1-11-4-2-5-12(8-11)16-23-24-17(27)25(16)10-15(26)22-14-7-3-6-13(9-14)18(19,20)21/h2,4-5,8,13-14H,3,6-7,9-10H2,1H3,(H,22,26)(H,24,27)/t13-,14+/m1/s1. The average Bonchev–Trinajstić information content (AvgIpc) is 2.95. The Bertz CT molecular complexity index is 874. The highest BCUT2D eigenvalue weighted by molar-refractivity contribution is 7.71. The van der Waals surface area contributed by atoms with Crippen molar-refractivity contribution in [2.75, 3.05) is 0 Å². The van der Waals surface area contributed by atoms with Gasteiger partial charge in [0.05, 0.1) is 5.92 Å². The van der Waals surface area contributed by atoms with Crippen molar-refractivity contribution in [1.82, 2.24) is 20.1 Å². The zero-order valence-corrected chi connectivity index (χ0v) is 15.7. The lowest BCUT2D eigenvalue weighted by Gasteiger charge is -2.31. The Morgan fingerprint density at radius 3 is 2.89 bits per heavy atom. The van der Waals surface area contributed by atoms with E-state index < -0.39 is 18.1 Å². The molecule has 1 saturated carbocycles. The second-order valence-electron chi connectivity index (χ2n) is 6.98. The maximum Gasteiger partial charge on any atom is 0.391 e. The fourth-order valence-corrected chi connectivity index (χ4v) is 3.70. The molecule has 1 amide bonds. The molecular weight excluding hydrogens is 377 g/mol. The number of nitrogens with one attached hydrogen (secondary N) is 2. The fourth-order valence-electron chi connectivity index (χ4n) is 3.50. The van der Waals surface area contributed by atoms with Gasteiger partial charge in [0.2, 0.25) is 5.91 Å². The third-order valence-electron chi connectivity index (χ3n) is 4.84. The van der Waals surface area contributed by atoms with E-state index in [0.717, 1.165) is 11.1 Å². The largest absolute Gasteiger partial charge is 0.391 e. The summed E-state index contributed by atoms with van der Waals surface area (Å²) in [6, 6.07) is 7.14. The number of amides is 1. The van der Waals surface area contributed by atoms with Crippen LogP contribution >= 0.6 is 12.2 Å². The molecule has 1 heterocycles. The van der Waals surface area contributed by atoms with Crippen LogP contribution in [-0.2, 0) is 11.3 Å². The Morgan fingerprint density at radius 1 is 1.41 bits per heavy atom. The van der Waals surface area contributed by atoms with Crippen LogP contribution in [0.15, 0.2) is 24.3 Å². The number of carbonyl (C=O) groups excluding carboxylic acids is 1. The minimum Gasteiger partial charge on any atom is -0.352 e. The number of rotatable bonds is 4. The molecule has 27 heavy (non-hydrogen) atoms. The van der Waals surface area contributed by atoms with Crippen molar-refractivity contribution in [3.05, 3.63) is 34.6 Å². The molecule has 0 saturated heterocycles. The SMILES string of the molecule is Cc1cccc(-c2n[nH]c(=S)n2CC(=O)N[C@H]2CCC[C@@H](C(F)(F)F)C2)c1. The fraction of sp³-hybridized carbons (Fsp3) is 0.500. The van der Waals surface area contributed by atoms with Crippen LogP contribution in [0.2, 0.25) is 0 Å². The quantitative estimate of drug-likeness (QED) is 0.761. The smallest absolute Gasteiger partial charge is 0.352 e. The minimum atomic E-state index is -4.21. The highest BCUT2D eigenvalue weighted by atomic mass is 32.1. The lowest BCUT2D eigenvalue weighted by atomic mass is 9.85. The van der Waals surface area contributed by atoms with E-state index in [-0.39, 0.29) is 25.3 Å². The monoisotopic (exact) mass is 398 g/mol. The summed E-state index contributed by atoms with van der Waals surface area (Å²) >= 11 is 5.21. The van der Waals surface area contributed by atoms with Gasteiger partial charge < -0.3 is 5.32 Å². The van der Waals surface area contributed by atoms with Gasteiger partial charge in [0.25, 0.3) is 0 Å². The molecule has 0 aliphatic heterocycles. The number of nitrogens with zero attached hydrogens (tertiary/aromatic N) is 2. The Morgan fingerprint density at radius 2 is 2.19 bits per heavy atom. The van der Waals surface area contributed by atoms with Gasteiger partial charge in [0.15, 0.2) is 10.6 Å². The molecule has 2 atom stereocenters. The summed E-state index contributed by atoms with van der Waals surface area (Å²) in [7, 11) is 0. The number of hydrogen-bond donors (Lipinski definition) is 2. The van der Waals surface area contributed by atoms with E-state index in [0.29, 0.717) is 23.4 Å². The number of aromatic nitrogens is 3. The van der Waals surface area contributed by atoms with Crippen LogP contribution < -0.4 is 5.32 Å². The van der Waals surface area contributed by atoms with Crippen LogP contribution in [0.25, 0.3) is 11.4 Å². The average molecular weight is 398 g/mol. The molecule has 0 bridgehead atoms. The molecular formula is C18H21F3N4OS. The summed E-state index contributed by atoms with van der Waals surface area (Å²) in [4.78, 5) is 12.4. The van der Waals surface area contributed by atoms with E-state index in [1.807, 2.05) is 31.2 Å². The molecule has 5 nitrogen and oxygen atoms in total. The van der Waals surface area contributed by atoms with Crippen LogP contribution in [0.1, 0.15) is 31.2 Å². The number of halogens is 3. The Balaban J connectivity index is 1.70. The van der Waals surface area contributed by atoms with Crippen molar-refractivity contribution >= 4 is 18.1 Å². The van der Waals surface area contributed by atoms with E-state index in [1.165, 1.54) is 0 Å². The summed E-state index contributed by atoms with van der Waals surface area (Å²) in [5, 5.41) is 9.60. The van der Waals surface area contributed by atoms with Gasteiger partial charge in [-0.1, -0.05) is 30.2 Å². The van der Waals surface area contributed by atoms with Crippen molar-refractivity contribution in [3.8, 4) is 11.4 Å². The Kier molecular flexibility index (Phi) is 5.69. The molecule has 2 aromatic rings. The molecule has 146 valence electrons. The first-order chi connectivity index (χ1) is 12.7. The summed E-state index contributed by atoms with van der Waals surface area (Å²) in [6.07, 6.45) is -3.15. The van der Waals surface area contributed by atoms with Gasteiger partial charge >= 0.3 is 6.18 Å². The highest BCUT2D eigenvalue weighted by Crippen LogP contribution is 2.37. The van der Waals surface area contributed by atoms with E-state index >= 15 is 0 Å². The van der Waals surface area contributed by atoms with Gasteiger partial charge in [-0.05, 0) is 44.5 Å². The molecule has 9 heteroatoms. The molecule has 1 fully saturated rings. The summed E-state index contributed by atoms with van der Waals surface area (Å²) in [6.45, 7) is 1.85. The number of aromatic amines is 1. The van der Waals surface area contributed by atoms with E-state index in [4.69, 9.17) is 12.2 Å². The van der Waals surface area contributed by atoms with Crippen LogP contribution in [0.3, 0.4) is 0 Å². The Labute approximate surface area is 160 Å². The van der Waals surface area contributed by atoms with Crippen molar-refractivity contribution in [2.45, 2.75) is 51.4 Å². The molecule has 0 radical (unpaired) electrons. The second-order valence-corrected chi connectivity index (χ2v) is 7.36. The van der Waals surface area contributed by atoms with Crippen molar-refractivity contribution in [1.29, 1.82) is 0 Å². The van der Waals surface area contributed by atoms with Crippen molar-refractivity contribution in [2.24, 2.45) is 5.92 Å². The first-order valence-electron chi connectivity index (χ1n) is 8.82. The predicted octanol–water partition coefficient (Wildman–Crippen LogP) is 4.15. The topological polar surface area (TPSA) is 62.7 Å². The zero-order chi connectivity index (χ0) is 19.6. The number of aryl methyl sites for hydroxylation is 1. The minimum absolute atomic E-state index is 0.0727. The van der Waals surface area contributed by atoms with Gasteiger partial charge in [0.1, 0.15) is 6.54 Å². The Hall–Kier alpha value is -2.16. The van der Waals surface area contributed by atoms with Crippen LogP contribution in [0.5, 0.6) is 0 Å². The molecule has 0 spiro atoms. The maximum absolute atomic E-state index is 12.9. The van der Waals surface area contributed by atoms with Crippen LogP contribution in [0.4, 0.5) is 13.2 Å². The summed E-state index contributed by atoms with van der Waals surface area (Å²) in [5.41, 5.74) is 1.85. The van der Waals surface area contributed by atoms with Crippen molar-refractivity contribution < 1.29 is 18.0 Å². The molecule has 0 unspecified atom stereocenters. The van der Waals surface area contributed by atoms with Gasteiger partial charge in [0, 0.05) is 11.6 Å². The van der Waals surface area contributed by atoms with Gasteiger partial charge in [-0.3, -0.25) is 14.5 Å². The maximum atomic E-state index is 12.9. The first kappa shape index (κ1) is 19.6. The van der Waals surface area contributed by atoms with E-state index in [2.05, 4.69) is 15.5 Å². The lowest BCUT2D eigenvalue weighted by Crippen LogP contribution is -2.42. The number of carbonyl (C=O) groups is 1. The summed E-state index contributed by atoms with van der Waals surface area (Å²) < 4.78 is 40.7. The second kappa shape index (κ2) is 7.84. The number of hydrogen-bond acceptors (Lipinski definition) is 3. The summed E-state index contributed by atoms with van der Waals surface area (Å²) in [5.74, 6) is -1.19. The zero-order valence-electron chi connectivity index (χ0n) is 14.8. The third kappa shape index (κ3) is 4.77. The lowest BCUT2D eigenvalue weighted by molar-refractivity contribution is -0.184. The molecule has 3 rings (SSSR count). The molecule has 2 N–H and O–H groups in total. The highest BCUT2D eigenvalue weighted by Gasteiger charge is 2.42. The van der Waals surface area contributed by atoms with E-state index in [1.54, 1.807) is 4.57 Å². The van der Waals surface area contributed by atoms with Crippen LogP contribution in [-0.4, -0.2) is 32.9 Å². The molecule has 1 aromatic carbocycles. The van der Waals surface area contributed by atoms with Gasteiger partial charge in [-0.25, -0.2) is 0 Å². The molecule has 1 aliphatic rings. The third-order valence-corrected chi connectivity index (χ3v) is 5.15. The molecule has 1 aliphatic carbocycles. The first-order valence-corrected chi connectivity index (χ1v) is 9.23. The van der Waals surface area contributed by atoms with Gasteiger partial charge in [-0.15, -0.1) is 0 Å². The van der Waals surface area contributed by atoms with Gasteiger partial charge in [-0.2, -0.15) is 18.3 Å². The number of benzene rings is 1. The normalized spacial score (nSPS) is 20.4.